The minimum atomic E-state index is -0.759. The first-order valence-corrected chi connectivity index (χ1v) is 12.0. The van der Waals surface area contributed by atoms with Gasteiger partial charge in [0.15, 0.2) is 0 Å². The second kappa shape index (κ2) is 15.3. The lowest BCUT2D eigenvalue weighted by molar-refractivity contribution is -0.140. The van der Waals surface area contributed by atoms with Crippen molar-refractivity contribution in [3.63, 3.8) is 0 Å². The lowest BCUT2D eigenvalue weighted by Crippen LogP contribution is -2.36. The third-order valence-corrected chi connectivity index (χ3v) is 5.54. The Balaban J connectivity index is 0.00000648. The van der Waals surface area contributed by atoms with Crippen molar-refractivity contribution >= 4 is 41.0 Å². The first-order chi connectivity index (χ1) is 16.8. The molecule has 9 heteroatoms. The predicted octanol–water partition coefficient (Wildman–Crippen LogP) is 4.18. The van der Waals surface area contributed by atoms with Gasteiger partial charge in [0, 0.05) is 23.5 Å². The van der Waals surface area contributed by atoms with E-state index in [2.05, 4.69) is 10.6 Å². The third kappa shape index (κ3) is 7.30. The van der Waals surface area contributed by atoms with Crippen molar-refractivity contribution in [1.29, 1.82) is 0 Å². The monoisotopic (exact) mass is 564 g/mol. The molecule has 2 N–H and O–H groups in total. The lowest BCUT2D eigenvalue weighted by atomic mass is 9.78. The summed E-state index contributed by atoms with van der Waals surface area (Å²) in [6.07, 6.45) is 2.22. The third-order valence-electron chi connectivity index (χ3n) is 5.54. The topological polar surface area (TPSA) is 103 Å². The number of hydrogen-bond acceptors (Lipinski definition) is 8. The number of rotatable bonds is 11. The van der Waals surface area contributed by atoms with Crippen LogP contribution in [0.15, 0.2) is 52.4 Å². The summed E-state index contributed by atoms with van der Waals surface area (Å²) < 4.78 is 16.0. The number of halogens is 1. The van der Waals surface area contributed by atoms with Gasteiger partial charge in [-0.1, -0.05) is 31.2 Å². The number of dihydropyridines is 1. The van der Waals surface area contributed by atoms with E-state index in [1.54, 1.807) is 40.8 Å². The summed E-state index contributed by atoms with van der Waals surface area (Å²) in [6.45, 7) is 9.88. The van der Waals surface area contributed by atoms with Gasteiger partial charge in [-0.2, -0.15) is 0 Å². The normalized spacial score (nSPS) is 15.6. The van der Waals surface area contributed by atoms with Crippen LogP contribution in [0.3, 0.4) is 0 Å². The number of allylic oxidation sites excluding steroid dienone is 1. The molecule has 0 fully saturated rings. The smallest absolute Gasteiger partial charge is 0.336 e. The Labute approximate surface area is 223 Å². The molecular weight excluding hydrogens is 528 g/mol. The second-order valence-electron chi connectivity index (χ2n) is 7.83. The van der Waals surface area contributed by atoms with E-state index in [-0.39, 0.29) is 36.8 Å². The first-order valence-electron chi connectivity index (χ1n) is 12.0. The molecule has 0 bridgehead atoms. The Kier molecular flexibility index (Phi) is 13.2. The van der Waals surface area contributed by atoms with E-state index in [0.29, 0.717) is 52.2 Å². The molecule has 1 aromatic carbocycles. The highest BCUT2D eigenvalue weighted by molar-refractivity contribution is 8.93. The summed E-state index contributed by atoms with van der Waals surface area (Å²) in [5, 5.41) is 6.28. The van der Waals surface area contributed by atoms with E-state index in [1.807, 2.05) is 31.2 Å². The molecule has 1 aliphatic heterocycles. The van der Waals surface area contributed by atoms with Gasteiger partial charge in [-0.05, 0) is 58.4 Å². The molecule has 1 heterocycles. The maximum absolute atomic E-state index is 13.3. The molecule has 0 spiro atoms. The summed E-state index contributed by atoms with van der Waals surface area (Å²) in [5.74, 6) is -2.20. The van der Waals surface area contributed by atoms with E-state index in [4.69, 9.17) is 14.2 Å². The Morgan fingerprint density at radius 3 is 2.08 bits per heavy atom. The molecule has 8 nitrogen and oxygen atoms in total. The molecule has 1 atom stereocenters. The molecule has 1 unspecified atom stereocenters. The van der Waals surface area contributed by atoms with Crippen LogP contribution in [-0.4, -0.2) is 51.3 Å². The van der Waals surface area contributed by atoms with Crippen molar-refractivity contribution in [1.82, 2.24) is 10.6 Å². The summed E-state index contributed by atoms with van der Waals surface area (Å²) in [7, 11) is 1.77. The van der Waals surface area contributed by atoms with Crippen LogP contribution >= 0.6 is 17.0 Å². The van der Waals surface area contributed by atoms with Crippen molar-refractivity contribution in [2.45, 2.75) is 47.0 Å². The van der Waals surface area contributed by atoms with Crippen LogP contribution in [0.2, 0.25) is 0 Å². The Morgan fingerprint density at radius 1 is 0.944 bits per heavy atom. The van der Waals surface area contributed by atoms with Crippen LogP contribution in [0.1, 0.15) is 58.1 Å². The molecule has 0 saturated carbocycles. The number of esters is 3. The molecule has 0 amide bonds. The van der Waals surface area contributed by atoms with E-state index in [9.17, 15) is 14.4 Å². The van der Waals surface area contributed by atoms with Gasteiger partial charge in [0.25, 0.3) is 0 Å². The number of benzene rings is 1. The lowest BCUT2D eigenvalue weighted by Gasteiger charge is -2.32. The number of likely N-dealkylation sites (N-methyl/N-ethyl adjacent to an activating group) is 1. The fraction of sp³-hybridized carbons (Fsp3) is 0.444. The highest BCUT2D eigenvalue weighted by atomic mass is 79.9. The van der Waals surface area contributed by atoms with E-state index in [1.165, 1.54) is 0 Å². The number of nitrogens with one attached hydrogen (secondary N) is 2. The molecule has 1 aromatic rings. The van der Waals surface area contributed by atoms with Gasteiger partial charge in [-0.3, -0.25) is 0 Å². The summed E-state index contributed by atoms with van der Waals surface area (Å²) in [6, 6.07) is 7.38. The van der Waals surface area contributed by atoms with E-state index in [0.717, 1.165) is 0 Å². The summed E-state index contributed by atoms with van der Waals surface area (Å²) in [4.78, 5) is 38.9. The molecule has 1 aliphatic rings. The molecule has 0 radical (unpaired) electrons. The van der Waals surface area contributed by atoms with Gasteiger partial charge in [-0.15, -0.1) is 17.0 Å². The van der Waals surface area contributed by atoms with Crippen molar-refractivity contribution in [3.05, 3.63) is 63.5 Å². The van der Waals surface area contributed by atoms with Gasteiger partial charge >= 0.3 is 17.9 Å². The van der Waals surface area contributed by atoms with Gasteiger partial charge in [0.1, 0.15) is 0 Å². The second-order valence-corrected chi connectivity index (χ2v) is 7.83. The van der Waals surface area contributed by atoms with E-state index < -0.39 is 23.8 Å². The highest BCUT2D eigenvalue weighted by Crippen LogP contribution is 2.41. The van der Waals surface area contributed by atoms with Gasteiger partial charge in [0.05, 0.1) is 36.9 Å². The number of hydrogen-bond donors (Lipinski definition) is 2. The number of carbonyl (C=O) groups is 3. The Hall–Kier alpha value is -2.91. The molecule has 0 aromatic heterocycles. The van der Waals surface area contributed by atoms with Gasteiger partial charge < -0.3 is 24.8 Å². The fourth-order valence-electron chi connectivity index (χ4n) is 4.08. The maximum atomic E-state index is 13.3. The van der Waals surface area contributed by atoms with Crippen LogP contribution in [0.25, 0.3) is 6.08 Å². The van der Waals surface area contributed by atoms with Crippen LogP contribution in [0.5, 0.6) is 0 Å². The molecular formula is C27H37BrN2O6. The molecule has 198 valence electrons. The van der Waals surface area contributed by atoms with E-state index >= 15 is 0 Å². The average Bonchev–Trinajstić information content (AvgIpc) is 2.82. The largest absolute Gasteiger partial charge is 0.463 e. The summed E-state index contributed by atoms with van der Waals surface area (Å²) in [5.41, 5.74) is 3.72. The molecule has 2 rings (SSSR count). The van der Waals surface area contributed by atoms with Crippen molar-refractivity contribution in [3.8, 4) is 0 Å². The zero-order valence-corrected chi connectivity index (χ0v) is 23.6. The van der Waals surface area contributed by atoms with Crippen molar-refractivity contribution in [2.24, 2.45) is 0 Å². The number of carbonyl (C=O) groups excluding carboxylic acids is 3. The summed E-state index contributed by atoms with van der Waals surface area (Å²) >= 11 is 0. The standard InChI is InChI=1S/C27H36N2O6.BrH/c1-7-18(25(30)33-8-2)15-19-13-11-12-14-20(19)23-22(26(31)34-9-3)17(5)29-21(16-28-6)24(23)27(32)35-10-4;/h11-15,23,28-29H,7-10,16H2,1-6H3;1H. The highest BCUT2D eigenvalue weighted by Gasteiger charge is 2.39. The SMILES string of the molecule is Br.CCOC(=O)C(=Cc1ccccc1C1C(C(=O)OCC)=C(C)NC(CNC)=C1C(=O)OCC)CC. The minimum Gasteiger partial charge on any atom is -0.463 e. The fourth-order valence-corrected chi connectivity index (χ4v) is 4.08. The van der Waals surface area contributed by atoms with Gasteiger partial charge in [0.2, 0.25) is 0 Å². The van der Waals surface area contributed by atoms with Gasteiger partial charge in [-0.25, -0.2) is 14.4 Å². The maximum Gasteiger partial charge on any atom is 0.336 e. The van der Waals surface area contributed by atoms with Crippen LogP contribution in [-0.2, 0) is 28.6 Å². The van der Waals surface area contributed by atoms with Crippen LogP contribution in [0.4, 0.5) is 0 Å². The number of ether oxygens (including phenoxy) is 3. The van der Waals surface area contributed by atoms with Crippen molar-refractivity contribution < 1.29 is 28.6 Å². The molecule has 0 saturated heterocycles. The minimum absolute atomic E-state index is 0. The molecule has 36 heavy (non-hydrogen) atoms. The predicted molar refractivity (Wildman–Crippen MR) is 144 cm³/mol. The van der Waals surface area contributed by atoms with Crippen molar-refractivity contribution in [2.75, 3.05) is 33.4 Å². The average molecular weight is 566 g/mol. The first kappa shape index (κ1) is 31.1. The quantitative estimate of drug-likeness (QED) is 0.234. The van der Waals surface area contributed by atoms with Crippen LogP contribution < -0.4 is 10.6 Å². The Bertz CT molecular complexity index is 1040. The molecule has 0 aliphatic carbocycles. The van der Waals surface area contributed by atoms with Crippen LogP contribution in [0, 0.1) is 0 Å². The zero-order chi connectivity index (χ0) is 26.0. The Morgan fingerprint density at radius 2 is 1.53 bits per heavy atom. The zero-order valence-electron chi connectivity index (χ0n) is 21.9.